The van der Waals surface area contributed by atoms with Gasteiger partial charge in [0, 0.05) is 18.1 Å². The highest BCUT2D eigenvalue weighted by molar-refractivity contribution is 7.99. The van der Waals surface area contributed by atoms with Gasteiger partial charge in [-0.25, -0.2) is 0 Å². The van der Waals surface area contributed by atoms with Crippen molar-refractivity contribution in [3.63, 3.8) is 0 Å². The highest BCUT2D eigenvalue weighted by Gasteiger charge is 2.18. The van der Waals surface area contributed by atoms with Crippen LogP contribution in [0.1, 0.15) is 26.7 Å². The Morgan fingerprint density at radius 3 is 2.83 bits per heavy atom. The van der Waals surface area contributed by atoms with Crippen molar-refractivity contribution in [3.8, 4) is 0 Å². The van der Waals surface area contributed by atoms with Gasteiger partial charge in [0.25, 0.3) is 0 Å². The van der Waals surface area contributed by atoms with Gasteiger partial charge in [0.15, 0.2) is 0 Å². The maximum atomic E-state index is 9.43. The summed E-state index contributed by atoms with van der Waals surface area (Å²) >= 11 is 1.78. The summed E-state index contributed by atoms with van der Waals surface area (Å²) in [5.74, 6) is 1.83. The van der Waals surface area contributed by atoms with Crippen molar-refractivity contribution in [1.82, 2.24) is 0 Å². The molecule has 0 aromatic carbocycles. The first-order valence-electron chi connectivity index (χ1n) is 4.50. The Bertz CT molecular complexity index is 125. The molecule has 1 aliphatic heterocycles. The van der Waals surface area contributed by atoms with Crippen molar-refractivity contribution in [3.05, 3.63) is 0 Å². The quantitative estimate of drug-likeness (QED) is 0.731. The fourth-order valence-electron chi connectivity index (χ4n) is 1.22. The van der Waals surface area contributed by atoms with Gasteiger partial charge in [-0.1, -0.05) is 0 Å². The molecular formula is C9H18O2S. The number of hydrogen-bond donors (Lipinski definition) is 1. The predicted molar refractivity (Wildman–Crippen MR) is 52.6 cm³/mol. The molecule has 1 N–H and O–H groups in total. The maximum absolute atomic E-state index is 9.43. The second kappa shape index (κ2) is 4.49. The third-order valence-electron chi connectivity index (χ3n) is 1.78. The van der Waals surface area contributed by atoms with Gasteiger partial charge in [-0.15, -0.1) is 0 Å². The molecule has 3 heteroatoms. The molecule has 1 rings (SSSR count). The van der Waals surface area contributed by atoms with Crippen LogP contribution >= 0.6 is 11.8 Å². The van der Waals surface area contributed by atoms with E-state index in [-0.39, 0.29) is 0 Å². The lowest BCUT2D eigenvalue weighted by molar-refractivity contribution is 0.106. The molecule has 0 spiro atoms. The Hall–Kier alpha value is 0.270. The van der Waals surface area contributed by atoms with Gasteiger partial charge in [-0.05, 0) is 26.7 Å². The monoisotopic (exact) mass is 190 g/mol. The summed E-state index contributed by atoms with van der Waals surface area (Å²) < 4.78 is 5.47. The smallest absolute Gasteiger partial charge is 0.0681 e. The average Bonchev–Trinajstić information content (AvgIpc) is 2.36. The van der Waals surface area contributed by atoms with Crippen LogP contribution in [0, 0.1) is 0 Å². The van der Waals surface area contributed by atoms with E-state index >= 15 is 0 Å². The van der Waals surface area contributed by atoms with Crippen molar-refractivity contribution in [2.45, 2.75) is 38.4 Å². The van der Waals surface area contributed by atoms with E-state index in [1.54, 1.807) is 11.8 Å². The number of hydrogen-bond acceptors (Lipinski definition) is 3. The van der Waals surface area contributed by atoms with Gasteiger partial charge < -0.3 is 9.84 Å². The topological polar surface area (TPSA) is 29.5 Å². The fraction of sp³-hybridized carbons (Fsp3) is 1.00. The minimum absolute atomic E-state index is 0.442. The van der Waals surface area contributed by atoms with Crippen LogP contribution in [0.2, 0.25) is 0 Å². The maximum Gasteiger partial charge on any atom is 0.0681 e. The zero-order valence-corrected chi connectivity index (χ0v) is 8.69. The first-order chi connectivity index (χ1) is 5.58. The van der Waals surface area contributed by atoms with E-state index in [1.807, 2.05) is 13.8 Å². The van der Waals surface area contributed by atoms with Crippen LogP contribution < -0.4 is 0 Å². The first-order valence-corrected chi connectivity index (χ1v) is 5.65. The molecule has 12 heavy (non-hydrogen) atoms. The van der Waals surface area contributed by atoms with Crippen LogP contribution in [0.4, 0.5) is 0 Å². The van der Waals surface area contributed by atoms with E-state index < -0.39 is 5.60 Å². The molecule has 1 fully saturated rings. The fourth-order valence-corrected chi connectivity index (χ4v) is 2.36. The molecular weight excluding hydrogens is 172 g/mol. The molecule has 1 unspecified atom stereocenters. The van der Waals surface area contributed by atoms with Crippen LogP contribution in [0.25, 0.3) is 0 Å². The third-order valence-corrected chi connectivity index (χ3v) is 3.30. The van der Waals surface area contributed by atoms with Crippen LogP contribution in [0.15, 0.2) is 0 Å². The molecule has 1 heterocycles. The minimum Gasteiger partial charge on any atom is -0.390 e. The summed E-state index contributed by atoms with van der Waals surface area (Å²) in [4.78, 5) is 0. The molecule has 1 aliphatic rings. The summed E-state index contributed by atoms with van der Waals surface area (Å²) in [6.45, 7) is 4.61. The van der Waals surface area contributed by atoms with E-state index in [2.05, 4.69) is 0 Å². The minimum atomic E-state index is -0.538. The van der Waals surface area contributed by atoms with Crippen LogP contribution in [-0.4, -0.2) is 34.9 Å². The first kappa shape index (κ1) is 10.4. The Balaban J connectivity index is 2.02. The van der Waals surface area contributed by atoms with Crippen molar-refractivity contribution >= 4 is 11.8 Å². The van der Waals surface area contributed by atoms with Gasteiger partial charge in [-0.2, -0.15) is 11.8 Å². The molecule has 2 nitrogen and oxygen atoms in total. The number of aliphatic hydroxyl groups is 1. The van der Waals surface area contributed by atoms with Crippen LogP contribution in [-0.2, 0) is 4.74 Å². The molecule has 0 radical (unpaired) electrons. The highest BCUT2D eigenvalue weighted by atomic mass is 32.2. The Morgan fingerprint density at radius 2 is 2.33 bits per heavy atom. The Morgan fingerprint density at radius 1 is 1.58 bits per heavy atom. The molecule has 0 aliphatic carbocycles. The lowest BCUT2D eigenvalue weighted by Gasteiger charge is -2.17. The second-order valence-corrected chi connectivity index (χ2v) is 4.99. The summed E-state index contributed by atoms with van der Waals surface area (Å²) in [6, 6.07) is 0. The molecule has 0 amide bonds. The van der Waals surface area contributed by atoms with Crippen molar-refractivity contribution in [1.29, 1.82) is 0 Å². The van der Waals surface area contributed by atoms with Gasteiger partial charge in [-0.3, -0.25) is 0 Å². The Kier molecular flexibility index (Phi) is 3.87. The van der Waals surface area contributed by atoms with E-state index in [9.17, 15) is 5.11 Å². The molecule has 0 aromatic rings. The van der Waals surface area contributed by atoms with Gasteiger partial charge >= 0.3 is 0 Å². The van der Waals surface area contributed by atoms with E-state index in [0.29, 0.717) is 6.10 Å². The number of thioether (sulfide) groups is 1. The van der Waals surface area contributed by atoms with Gasteiger partial charge in [0.2, 0.25) is 0 Å². The SMILES string of the molecule is CC(C)(O)CSCC1CCCO1. The van der Waals surface area contributed by atoms with Crippen LogP contribution in [0.3, 0.4) is 0 Å². The summed E-state index contributed by atoms with van der Waals surface area (Å²) in [5, 5.41) is 9.43. The largest absolute Gasteiger partial charge is 0.390 e. The van der Waals surface area contributed by atoms with E-state index in [0.717, 1.165) is 18.1 Å². The van der Waals surface area contributed by atoms with Crippen molar-refractivity contribution < 1.29 is 9.84 Å². The van der Waals surface area contributed by atoms with Crippen LogP contribution in [0.5, 0.6) is 0 Å². The summed E-state index contributed by atoms with van der Waals surface area (Å²) in [5.41, 5.74) is -0.538. The van der Waals surface area contributed by atoms with Crippen molar-refractivity contribution in [2.75, 3.05) is 18.1 Å². The van der Waals surface area contributed by atoms with Gasteiger partial charge in [0.1, 0.15) is 0 Å². The molecule has 0 bridgehead atoms. The van der Waals surface area contributed by atoms with E-state index in [4.69, 9.17) is 4.74 Å². The Labute approximate surface area is 78.7 Å². The molecule has 1 atom stereocenters. The molecule has 72 valence electrons. The number of rotatable bonds is 4. The molecule has 0 aromatic heterocycles. The zero-order chi connectivity index (χ0) is 9.03. The summed E-state index contributed by atoms with van der Waals surface area (Å²) in [6.07, 6.45) is 2.84. The highest BCUT2D eigenvalue weighted by Crippen LogP contribution is 2.19. The van der Waals surface area contributed by atoms with Gasteiger partial charge in [0.05, 0.1) is 11.7 Å². The standard InChI is InChI=1S/C9H18O2S/c1-9(2,10)7-12-6-8-4-3-5-11-8/h8,10H,3-7H2,1-2H3. The average molecular weight is 190 g/mol. The summed E-state index contributed by atoms with van der Waals surface area (Å²) in [7, 11) is 0. The third kappa shape index (κ3) is 4.33. The second-order valence-electron chi connectivity index (χ2n) is 3.96. The normalized spacial score (nSPS) is 24.8. The number of ether oxygens (including phenoxy) is 1. The molecule has 0 saturated carbocycles. The lowest BCUT2D eigenvalue weighted by Crippen LogP contribution is -2.23. The zero-order valence-electron chi connectivity index (χ0n) is 7.88. The molecule has 1 saturated heterocycles. The predicted octanol–water partition coefficient (Wildman–Crippen LogP) is 1.67. The van der Waals surface area contributed by atoms with E-state index in [1.165, 1.54) is 12.8 Å². The van der Waals surface area contributed by atoms with Crippen molar-refractivity contribution in [2.24, 2.45) is 0 Å². The lowest BCUT2D eigenvalue weighted by atomic mass is 10.2.